The number of benzene rings is 2. The SMILES string of the molecule is O=c1cc(-c2cc(O)c(O)c(O)c2-c2ccsc2)oc2c(O)c(O)ccc12. The minimum absolute atomic E-state index is 0.0540. The number of hydrogen-bond donors (Lipinski definition) is 5. The fraction of sp³-hybridized carbons (Fsp3) is 0. The van der Waals surface area contributed by atoms with Gasteiger partial charge in [0, 0.05) is 17.2 Å². The number of thiophene rings is 1. The van der Waals surface area contributed by atoms with Crippen molar-refractivity contribution >= 4 is 22.3 Å². The average Bonchev–Trinajstić information content (AvgIpc) is 3.16. The Morgan fingerprint density at radius 1 is 0.852 bits per heavy atom. The molecule has 0 saturated heterocycles. The van der Waals surface area contributed by atoms with Crippen LogP contribution in [-0.4, -0.2) is 25.5 Å². The summed E-state index contributed by atoms with van der Waals surface area (Å²) in [6.45, 7) is 0. The average molecular weight is 384 g/mol. The summed E-state index contributed by atoms with van der Waals surface area (Å²) in [4.78, 5) is 12.4. The van der Waals surface area contributed by atoms with Gasteiger partial charge >= 0.3 is 0 Å². The maximum atomic E-state index is 12.4. The van der Waals surface area contributed by atoms with Crippen LogP contribution in [0.1, 0.15) is 0 Å². The molecule has 8 heteroatoms. The van der Waals surface area contributed by atoms with Crippen LogP contribution >= 0.6 is 11.3 Å². The second-order valence-electron chi connectivity index (χ2n) is 5.81. The number of phenolic OH excluding ortho intramolecular Hbond substituents is 5. The van der Waals surface area contributed by atoms with Gasteiger partial charge in [-0.1, -0.05) is 0 Å². The Kier molecular flexibility index (Phi) is 3.71. The predicted octanol–water partition coefficient (Wildman–Crippen LogP) is 3.72. The van der Waals surface area contributed by atoms with Crippen LogP contribution in [0.5, 0.6) is 28.7 Å². The van der Waals surface area contributed by atoms with Crippen molar-refractivity contribution < 1.29 is 29.9 Å². The zero-order chi connectivity index (χ0) is 19.3. The van der Waals surface area contributed by atoms with E-state index < -0.39 is 34.2 Å². The van der Waals surface area contributed by atoms with Gasteiger partial charge in [0.05, 0.1) is 5.39 Å². The summed E-state index contributed by atoms with van der Waals surface area (Å²) in [5.74, 6) is -3.02. The summed E-state index contributed by atoms with van der Waals surface area (Å²) in [6, 6.07) is 6.45. The van der Waals surface area contributed by atoms with Crippen molar-refractivity contribution in [3.63, 3.8) is 0 Å². The monoisotopic (exact) mass is 384 g/mol. The lowest BCUT2D eigenvalue weighted by atomic mass is 9.97. The molecule has 2 heterocycles. The van der Waals surface area contributed by atoms with Crippen LogP contribution in [0.25, 0.3) is 33.4 Å². The van der Waals surface area contributed by atoms with Gasteiger partial charge in [-0.25, -0.2) is 0 Å². The molecule has 0 aliphatic heterocycles. The first kappa shape index (κ1) is 16.8. The highest BCUT2D eigenvalue weighted by Crippen LogP contribution is 2.49. The van der Waals surface area contributed by atoms with Gasteiger partial charge in [0.2, 0.25) is 11.5 Å². The van der Waals surface area contributed by atoms with Gasteiger partial charge in [-0.3, -0.25) is 4.79 Å². The lowest BCUT2D eigenvalue weighted by Gasteiger charge is -2.13. The third kappa shape index (κ3) is 2.54. The Hall–Kier alpha value is -3.65. The second-order valence-corrected chi connectivity index (χ2v) is 6.59. The van der Waals surface area contributed by atoms with E-state index >= 15 is 0 Å². The first-order valence-electron chi connectivity index (χ1n) is 7.68. The van der Waals surface area contributed by atoms with Crippen molar-refractivity contribution in [2.45, 2.75) is 0 Å². The number of phenols is 5. The third-order valence-corrected chi connectivity index (χ3v) is 4.86. The van der Waals surface area contributed by atoms with E-state index in [2.05, 4.69) is 0 Å². The van der Waals surface area contributed by atoms with Gasteiger partial charge in [0.15, 0.2) is 28.3 Å². The Balaban J connectivity index is 2.11. The summed E-state index contributed by atoms with van der Waals surface area (Å²) in [6.07, 6.45) is 0. The molecule has 5 N–H and O–H groups in total. The number of hydrogen-bond acceptors (Lipinski definition) is 8. The molecule has 7 nitrogen and oxygen atoms in total. The molecule has 4 aromatic rings. The Labute approximate surface area is 155 Å². The first-order valence-corrected chi connectivity index (χ1v) is 8.62. The Bertz CT molecular complexity index is 1240. The van der Waals surface area contributed by atoms with Crippen LogP contribution in [0.4, 0.5) is 0 Å². The Morgan fingerprint density at radius 2 is 1.63 bits per heavy atom. The van der Waals surface area contributed by atoms with Crippen molar-refractivity contribution in [3.05, 3.63) is 51.3 Å². The Morgan fingerprint density at radius 3 is 2.33 bits per heavy atom. The molecular formula is C19H12O7S. The molecule has 0 radical (unpaired) electrons. The van der Waals surface area contributed by atoms with E-state index in [0.717, 1.165) is 12.1 Å². The molecule has 0 saturated carbocycles. The molecule has 0 amide bonds. The molecule has 136 valence electrons. The van der Waals surface area contributed by atoms with E-state index in [4.69, 9.17) is 4.42 Å². The molecule has 2 aromatic heterocycles. The highest BCUT2D eigenvalue weighted by atomic mass is 32.1. The van der Waals surface area contributed by atoms with Crippen LogP contribution in [0.2, 0.25) is 0 Å². The van der Waals surface area contributed by atoms with Crippen molar-refractivity contribution in [2.24, 2.45) is 0 Å². The van der Waals surface area contributed by atoms with Crippen molar-refractivity contribution in [2.75, 3.05) is 0 Å². The van der Waals surface area contributed by atoms with Gasteiger partial charge in [-0.15, -0.1) is 0 Å². The van der Waals surface area contributed by atoms with Crippen LogP contribution < -0.4 is 5.43 Å². The van der Waals surface area contributed by atoms with E-state index in [1.54, 1.807) is 16.8 Å². The summed E-state index contributed by atoms with van der Waals surface area (Å²) < 4.78 is 5.62. The highest BCUT2D eigenvalue weighted by Gasteiger charge is 2.22. The summed E-state index contributed by atoms with van der Waals surface area (Å²) in [7, 11) is 0. The van der Waals surface area contributed by atoms with Crippen LogP contribution in [0, 0.1) is 0 Å². The number of fused-ring (bicyclic) bond motifs is 1. The topological polar surface area (TPSA) is 131 Å². The quantitative estimate of drug-likeness (QED) is 0.333. The zero-order valence-electron chi connectivity index (χ0n) is 13.5. The maximum absolute atomic E-state index is 12.4. The molecule has 27 heavy (non-hydrogen) atoms. The smallest absolute Gasteiger partial charge is 0.201 e. The molecule has 0 bridgehead atoms. The van der Waals surface area contributed by atoms with Gasteiger partial charge in [0.25, 0.3) is 0 Å². The van der Waals surface area contributed by atoms with E-state index in [-0.39, 0.29) is 27.9 Å². The second kappa shape index (κ2) is 5.96. The van der Waals surface area contributed by atoms with Crippen LogP contribution in [0.15, 0.2) is 50.3 Å². The lowest BCUT2D eigenvalue weighted by molar-refractivity contribution is 0.369. The lowest BCUT2D eigenvalue weighted by Crippen LogP contribution is -2.01. The molecule has 0 atom stereocenters. The van der Waals surface area contributed by atoms with Crippen molar-refractivity contribution in [1.82, 2.24) is 0 Å². The first-order chi connectivity index (χ1) is 12.9. The summed E-state index contributed by atoms with van der Waals surface area (Å²) in [5, 5.41) is 53.4. The van der Waals surface area contributed by atoms with Gasteiger partial charge in [-0.2, -0.15) is 11.3 Å². The zero-order valence-corrected chi connectivity index (χ0v) is 14.3. The van der Waals surface area contributed by atoms with Crippen LogP contribution in [-0.2, 0) is 0 Å². The molecule has 2 aromatic carbocycles. The normalized spacial score (nSPS) is 11.1. The molecule has 0 aliphatic rings. The van der Waals surface area contributed by atoms with Gasteiger partial charge in [0.1, 0.15) is 5.76 Å². The highest BCUT2D eigenvalue weighted by molar-refractivity contribution is 7.08. The molecule has 0 unspecified atom stereocenters. The van der Waals surface area contributed by atoms with E-state index in [0.29, 0.717) is 5.56 Å². The van der Waals surface area contributed by atoms with Gasteiger partial charge in [-0.05, 0) is 40.6 Å². The summed E-state index contributed by atoms with van der Waals surface area (Å²) >= 11 is 1.35. The molecule has 0 spiro atoms. The molecular weight excluding hydrogens is 372 g/mol. The van der Waals surface area contributed by atoms with Crippen molar-refractivity contribution in [1.29, 1.82) is 0 Å². The predicted molar refractivity (Wildman–Crippen MR) is 99.6 cm³/mol. The third-order valence-electron chi connectivity index (χ3n) is 4.18. The molecule has 0 aliphatic carbocycles. The van der Waals surface area contributed by atoms with Crippen molar-refractivity contribution in [3.8, 4) is 51.2 Å². The number of aromatic hydroxyl groups is 5. The standard InChI is InChI=1S/C19H12O7S/c20-11-2-1-9-12(21)6-14(26-19(9)17(11)24)10-5-13(22)16(23)18(25)15(10)8-3-4-27-7-8/h1-7,20,22-25H. The van der Waals surface area contributed by atoms with Gasteiger partial charge < -0.3 is 29.9 Å². The fourth-order valence-electron chi connectivity index (χ4n) is 2.86. The molecule has 0 fully saturated rings. The fourth-order valence-corrected chi connectivity index (χ4v) is 3.51. The molecule has 4 rings (SSSR count). The number of rotatable bonds is 2. The summed E-state index contributed by atoms with van der Waals surface area (Å²) in [5.41, 5.74) is 0.0769. The minimum atomic E-state index is -0.705. The van der Waals surface area contributed by atoms with E-state index in [1.807, 2.05) is 0 Å². The largest absolute Gasteiger partial charge is 0.504 e. The van der Waals surface area contributed by atoms with E-state index in [1.165, 1.54) is 23.5 Å². The maximum Gasteiger partial charge on any atom is 0.201 e. The van der Waals surface area contributed by atoms with Crippen LogP contribution in [0.3, 0.4) is 0 Å². The minimum Gasteiger partial charge on any atom is -0.504 e. The van der Waals surface area contributed by atoms with E-state index in [9.17, 15) is 30.3 Å².